The van der Waals surface area contributed by atoms with Gasteiger partial charge in [-0.1, -0.05) is 29.3 Å². The number of alkyl halides is 6. The third kappa shape index (κ3) is 4.50. The predicted molar refractivity (Wildman–Crippen MR) is 111 cm³/mol. The van der Waals surface area contributed by atoms with Gasteiger partial charge in [0, 0.05) is 0 Å². The van der Waals surface area contributed by atoms with Crippen LogP contribution in [0.2, 0.25) is 10.0 Å². The van der Waals surface area contributed by atoms with Gasteiger partial charge in [0.2, 0.25) is 0 Å². The summed E-state index contributed by atoms with van der Waals surface area (Å²) in [6.07, 6.45) is -9.59. The summed E-state index contributed by atoms with van der Waals surface area (Å²) < 4.78 is 80.3. The average molecular weight is 525 g/mol. The lowest BCUT2D eigenvalue weighted by Gasteiger charge is -2.11. The molecule has 1 N–H and O–H groups in total. The lowest BCUT2D eigenvalue weighted by atomic mass is 10.2. The number of halogens is 8. The Kier molecular flexibility index (Phi) is 5.79. The molecular weight excluding hydrogens is 517 g/mol. The van der Waals surface area contributed by atoms with Crippen LogP contribution in [0, 0.1) is 0 Å². The summed E-state index contributed by atoms with van der Waals surface area (Å²) in [5, 5.41) is 6.63. The molecule has 0 spiro atoms. The van der Waals surface area contributed by atoms with Crippen LogP contribution in [0.5, 0.6) is 0 Å². The van der Waals surface area contributed by atoms with Crippen LogP contribution >= 0.6 is 34.5 Å². The fourth-order valence-corrected chi connectivity index (χ4v) is 3.96. The summed E-state index contributed by atoms with van der Waals surface area (Å²) in [6.45, 7) is 0. The van der Waals surface area contributed by atoms with Gasteiger partial charge in [-0.05, 0) is 35.7 Å². The van der Waals surface area contributed by atoms with Crippen molar-refractivity contribution in [3.05, 3.63) is 68.8 Å². The number of hydrogen-bond acceptors (Lipinski definition) is 4. The number of nitrogens with one attached hydrogen (secondary N) is 1. The van der Waals surface area contributed by atoms with Gasteiger partial charge in [0.05, 0.1) is 26.8 Å². The zero-order chi connectivity index (χ0) is 24.1. The highest BCUT2D eigenvalue weighted by Crippen LogP contribution is 2.37. The standard InChI is InChI=1S/C19H8Cl2F6N4OS/c20-9-4-3-8(18(22,23)24)6-10(9)29-17(32)15-14(21)16-28-11(12-2-1-5-33-12)7-13(19(25,26)27)31(16)30-15/h1-7H,(H,29,32). The molecule has 3 heterocycles. The molecule has 0 aliphatic rings. The summed E-state index contributed by atoms with van der Waals surface area (Å²) in [6, 6.07) is 6.14. The van der Waals surface area contributed by atoms with E-state index >= 15 is 0 Å². The number of carbonyl (C=O) groups excluding carboxylic acids is 1. The molecule has 0 bridgehead atoms. The highest BCUT2D eigenvalue weighted by Gasteiger charge is 2.37. The molecule has 0 saturated heterocycles. The molecule has 0 fully saturated rings. The highest BCUT2D eigenvalue weighted by molar-refractivity contribution is 7.13. The van der Waals surface area contributed by atoms with Crippen LogP contribution in [-0.2, 0) is 12.4 Å². The summed E-state index contributed by atoms with van der Waals surface area (Å²) in [4.78, 5) is 17.2. The van der Waals surface area contributed by atoms with Crippen molar-refractivity contribution >= 4 is 51.8 Å². The minimum Gasteiger partial charge on any atom is -0.319 e. The van der Waals surface area contributed by atoms with Gasteiger partial charge in [-0.2, -0.15) is 31.4 Å². The first-order chi connectivity index (χ1) is 15.4. The molecule has 4 rings (SSSR count). The van der Waals surface area contributed by atoms with Crippen molar-refractivity contribution in [2.45, 2.75) is 12.4 Å². The molecule has 0 aliphatic heterocycles. The number of carbonyl (C=O) groups is 1. The maximum atomic E-state index is 13.7. The second-order valence-corrected chi connectivity index (χ2v) is 8.28. The van der Waals surface area contributed by atoms with Crippen LogP contribution in [-0.4, -0.2) is 20.5 Å². The van der Waals surface area contributed by atoms with E-state index in [2.05, 4.69) is 15.4 Å². The largest absolute Gasteiger partial charge is 0.433 e. The predicted octanol–water partition coefficient (Wildman–Crippen LogP) is 7.05. The molecule has 4 aromatic rings. The molecule has 3 aromatic heterocycles. The SMILES string of the molecule is O=C(Nc1cc(C(F)(F)F)ccc1Cl)c1nn2c(C(F)(F)F)cc(-c3cccs3)nc2c1Cl. The van der Waals surface area contributed by atoms with E-state index in [1.54, 1.807) is 17.5 Å². The summed E-state index contributed by atoms with van der Waals surface area (Å²) in [7, 11) is 0. The molecule has 0 radical (unpaired) electrons. The highest BCUT2D eigenvalue weighted by atomic mass is 35.5. The number of thiophene rings is 1. The Morgan fingerprint density at radius 3 is 2.36 bits per heavy atom. The van der Waals surface area contributed by atoms with Gasteiger partial charge in [-0.25, -0.2) is 9.50 Å². The molecule has 5 nitrogen and oxygen atoms in total. The molecule has 0 aliphatic carbocycles. The fourth-order valence-electron chi connectivity index (χ4n) is 2.87. The van der Waals surface area contributed by atoms with Crippen molar-refractivity contribution in [1.82, 2.24) is 14.6 Å². The monoisotopic (exact) mass is 524 g/mol. The Labute approximate surface area is 194 Å². The third-order valence-electron chi connectivity index (χ3n) is 4.35. The van der Waals surface area contributed by atoms with Crippen LogP contribution in [0.1, 0.15) is 21.7 Å². The lowest BCUT2D eigenvalue weighted by Crippen LogP contribution is -2.16. The van der Waals surface area contributed by atoms with E-state index in [1.165, 1.54) is 0 Å². The second kappa shape index (κ2) is 8.19. The van der Waals surface area contributed by atoms with Gasteiger partial charge < -0.3 is 5.32 Å². The van der Waals surface area contributed by atoms with Crippen molar-refractivity contribution < 1.29 is 31.1 Å². The van der Waals surface area contributed by atoms with Gasteiger partial charge in [-0.15, -0.1) is 11.3 Å². The quantitative estimate of drug-likeness (QED) is 0.292. The Morgan fingerprint density at radius 2 is 1.76 bits per heavy atom. The third-order valence-corrected chi connectivity index (χ3v) is 5.92. The van der Waals surface area contributed by atoms with Crippen LogP contribution < -0.4 is 5.32 Å². The molecule has 33 heavy (non-hydrogen) atoms. The van der Waals surface area contributed by atoms with Crippen molar-refractivity contribution in [3.63, 3.8) is 0 Å². The zero-order valence-corrected chi connectivity index (χ0v) is 18.1. The molecule has 0 unspecified atom stereocenters. The topological polar surface area (TPSA) is 59.3 Å². The van der Waals surface area contributed by atoms with Crippen LogP contribution in [0.15, 0.2) is 41.8 Å². The van der Waals surface area contributed by atoms with E-state index < -0.39 is 51.6 Å². The van der Waals surface area contributed by atoms with E-state index in [9.17, 15) is 31.1 Å². The van der Waals surface area contributed by atoms with E-state index in [1.807, 2.05) is 0 Å². The Hall–Kier alpha value is -2.83. The fraction of sp³-hybridized carbons (Fsp3) is 0.105. The van der Waals surface area contributed by atoms with Crippen LogP contribution in [0.25, 0.3) is 16.2 Å². The maximum absolute atomic E-state index is 13.7. The maximum Gasteiger partial charge on any atom is 0.433 e. The number of aromatic nitrogens is 3. The van der Waals surface area contributed by atoms with Crippen LogP contribution in [0.3, 0.4) is 0 Å². The normalized spacial score (nSPS) is 12.4. The van der Waals surface area contributed by atoms with E-state index in [0.29, 0.717) is 21.5 Å². The molecule has 14 heteroatoms. The number of amides is 1. The summed E-state index contributed by atoms with van der Waals surface area (Å²) in [5.41, 5.74) is -3.92. The van der Waals surface area contributed by atoms with Crippen molar-refractivity contribution in [2.24, 2.45) is 0 Å². The molecule has 1 amide bonds. The first-order valence-corrected chi connectivity index (χ1v) is 10.4. The van der Waals surface area contributed by atoms with E-state index in [-0.39, 0.29) is 10.7 Å². The summed E-state index contributed by atoms with van der Waals surface area (Å²) in [5.74, 6) is -1.17. The van der Waals surface area contributed by atoms with Crippen molar-refractivity contribution in [1.29, 1.82) is 0 Å². The minimum atomic E-state index is -4.87. The van der Waals surface area contributed by atoms with Crippen LogP contribution in [0.4, 0.5) is 32.0 Å². The summed E-state index contributed by atoms with van der Waals surface area (Å²) >= 11 is 13.1. The molecule has 1 aromatic carbocycles. The minimum absolute atomic E-state index is 0.0421. The van der Waals surface area contributed by atoms with Gasteiger partial charge in [0.15, 0.2) is 17.0 Å². The second-order valence-electron chi connectivity index (χ2n) is 6.55. The Bertz CT molecular complexity index is 1370. The molecule has 0 saturated carbocycles. The Morgan fingerprint density at radius 1 is 1.03 bits per heavy atom. The van der Waals surface area contributed by atoms with Crippen molar-refractivity contribution in [3.8, 4) is 10.6 Å². The number of hydrogen-bond donors (Lipinski definition) is 1. The van der Waals surface area contributed by atoms with Gasteiger partial charge in [0.25, 0.3) is 5.91 Å². The molecular formula is C19H8Cl2F6N4OS. The number of nitrogens with zero attached hydrogens (tertiary/aromatic N) is 3. The smallest absolute Gasteiger partial charge is 0.319 e. The number of fused-ring (bicyclic) bond motifs is 1. The van der Waals surface area contributed by atoms with Gasteiger partial charge >= 0.3 is 12.4 Å². The number of rotatable bonds is 3. The van der Waals surface area contributed by atoms with Gasteiger partial charge in [0.1, 0.15) is 5.02 Å². The van der Waals surface area contributed by atoms with E-state index in [4.69, 9.17) is 23.2 Å². The number of benzene rings is 1. The average Bonchev–Trinajstić information content (AvgIpc) is 3.36. The first kappa shape index (κ1) is 23.3. The number of anilines is 1. The zero-order valence-electron chi connectivity index (χ0n) is 15.7. The first-order valence-electron chi connectivity index (χ1n) is 8.74. The van der Waals surface area contributed by atoms with Crippen molar-refractivity contribution in [2.75, 3.05) is 5.32 Å². The Balaban J connectivity index is 1.81. The molecule has 172 valence electrons. The van der Waals surface area contributed by atoms with E-state index in [0.717, 1.165) is 23.5 Å². The molecule has 0 atom stereocenters. The van der Waals surface area contributed by atoms with Gasteiger partial charge in [-0.3, -0.25) is 4.79 Å². The lowest BCUT2D eigenvalue weighted by molar-refractivity contribution is -0.142.